The molecule has 0 bridgehead atoms. The zero-order valence-electron chi connectivity index (χ0n) is 7.83. The van der Waals surface area contributed by atoms with Crippen LogP contribution in [-0.4, -0.2) is 4.57 Å². The quantitative estimate of drug-likeness (QED) is 0.534. The third kappa shape index (κ3) is 0.957. The van der Waals surface area contributed by atoms with Crippen LogP contribution >= 0.6 is 0 Å². The first-order valence-electron chi connectivity index (χ1n) is 4.26. The van der Waals surface area contributed by atoms with E-state index in [0.717, 1.165) is 5.69 Å². The highest BCUT2D eigenvalue weighted by atomic mass is 14.9. The molecule has 64 valence electrons. The molecule has 0 aliphatic rings. The summed E-state index contributed by atoms with van der Waals surface area (Å²) in [7, 11) is 2.00. The van der Waals surface area contributed by atoms with Crippen LogP contribution in [-0.2, 0) is 7.05 Å². The summed E-state index contributed by atoms with van der Waals surface area (Å²) in [4.78, 5) is 0. The first kappa shape index (κ1) is 7.94. The van der Waals surface area contributed by atoms with Crippen LogP contribution < -0.4 is 0 Å². The second-order valence-electron chi connectivity index (χ2n) is 3.19. The average Bonchev–Trinajstić information content (AvgIpc) is 2.41. The Balaban J connectivity index is 2.99. The van der Waals surface area contributed by atoms with Crippen LogP contribution in [0, 0.1) is 19.3 Å². The largest absolute Gasteiger partial charge is 0.337 e. The lowest BCUT2D eigenvalue weighted by molar-refractivity contribution is 0.945. The molecule has 0 aliphatic heterocycles. The molecule has 0 spiro atoms. The van der Waals surface area contributed by atoms with Gasteiger partial charge in [-0.1, -0.05) is 24.1 Å². The van der Waals surface area contributed by atoms with E-state index in [-0.39, 0.29) is 0 Å². The molecule has 1 nitrogen and oxygen atoms in total. The van der Waals surface area contributed by atoms with Gasteiger partial charge in [0, 0.05) is 18.0 Å². The summed E-state index contributed by atoms with van der Waals surface area (Å²) in [6, 6.07) is 8.26. The van der Waals surface area contributed by atoms with Crippen molar-refractivity contribution in [1.29, 1.82) is 0 Å². The molecule has 0 radical (unpaired) electrons. The molecule has 0 unspecified atom stereocenters. The molecule has 0 N–H and O–H groups in total. The van der Waals surface area contributed by atoms with Gasteiger partial charge >= 0.3 is 0 Å². The molecule has 13 heavy (non-hydrogen) atoms. The van der Waals surface area contributed by atoms with Gasteiger partial charge in [0.05, 0.1) is 5.69 Å². The van der Waals surface area contributed by atoms with E-state index < -0.39 is 0 Å². The maximum absolute atomic E-state index is 5.44. The Kier molecular flexibility index (Phi) is 1.63. The standard InChI is InChI=1S/C12H11N/c1-4-11-9(2)10-7-5-6-8-12(10)13(11)3/h1,5-8H,2-3H3. The van der Waals surface area contributed by atoms with Crippen LogP contribution in [0.15, 0.2) is 24.3 Å². The van der Waals surface area contributed by atoms with Gasteiger partial charge in [-0.2, -0.15) is 0 Å². The lowest BCUT2D eigenvalue weighted by atomic mass is 10.1. The number of aryl methyl sites for hydroxylation is 2. The molecule has 2 aromatic rings. The predicted octanol–water partition coefficient (Wildman–Crippen LogP) is 2.47. The summed E-state index contributed by atoms with van der Waals surface area (Å²) in [5.41, 5.74) is 3.37. The van der Waals surface area contributed by atoms with Crippen molar-refractivity contribution in [2.75, 3.05) is 0 Å². The van der Waals surface area contributed by atoms with E-state index in [1.165, 1.54) is 16.5 Å². The third-order valence-corrected chi connectivity index (χ3v) is 2.50. The maximum atomic E-state index is 5.44. The van der Waals surface area contributed by atoms with Crippen molar-refractivity contribution in [1.82, 2.24) is 4.57 Å². The number of terminal acetylenes is 1. The highest BCUT2D eigenvalue weighted by Crippen LogP contribution is 2.23. The van der Waals surface area contributed by atoms with E-state index in [9.17, 15) is 0 Å². The predicted molar refractivity (Wildman–Crippen MR) is 55.6 cm³/mol. The fraction of sp³-hybridized carbons (Fsp3) is 0.167. The minimum atomic E-state index is 0.973. The average molecular weight is 169 g/mol. The molecule has 2 rings (SSSR count). The van der Waals surface area contributed by atoms with Crippen molar-refractivity contribution in [2.45, 2.75) is 6.92 Å². The highest BCUT2D eigenvalue weighted by molar-refractivity contribution is 5.86. The Morgan fingerprint density at radius 1 is 1.31 bits per heavy atom. The minimum absolute atomic E-state index is 0.973. The smallest absolute Gasteiger partial charge is 0.0955 e. The van der Waals surface area contributed by atoms with E-state index in [1.807, 2.05) is 19.2 Å². The second kappa shape index (κ2) is 2.67. The van der Waals surface area contributed by atoms with Crippen LogP contribution in [0.2, 0.25) is 0 Å². The number of aromatic nitrogens is 1. The lowest BCUT2D eigenvalue weighted by Crippen LogP contribution is -1.91. The molecular formula is C12H11N. The molecule has 0 saturated heterocycles. The summed E-state index contributed by atoms with van der Waals surface area (Å²) in [5, 5.41) is 1.25. The van der Waals surface area contributed by atoms with E-state index in [2.05, 4.69) is 29.5 Å². The number of hydrogen-bond donors (Lipinski definition) is 0. The summed E-state index contributed by atoms with van der Waals surface area (Å²) >= 11 is 0. The number of fused-ring (bicyclic) bond motifs is 1. The molecule has 1 heterocycles. The molecule has 1 aromatic heterocycles. The van der Waals surface area contributed by atoms with Crippen molar-refractivity contribution < 1.29 is 0 Å². The number of nitrogens with zero attached hydrogens (tertiary/aromatic N) is 1. The third-order valence-electron chi connectivity index (χ3n) is 2.50. The summed E-state index contributed by atoms with van der Waals surface area (Å²) < 4.78 is 2.06. The van der Waals surface area contributed by atoms with Crippen LogP contribution in [0.1, 0.15) is 11.3 Å². The van der Waals surface area contributed by atoms with E-state index in [0.29, 0.717) is 0 Å². The van der Waals surface area contributed by atoms with Crippen LogP contribution in [0.5, 0.6) is 0 Å². The van der Waals surface area contributed by atoms with E-state index in [1.54, 1.807) is 0 Å². The summed E-state index contributed by atoms with van der Waals surface area (Å²) in [6.07, 6.45) is 5.44. The first-order chi connectivity index (χ1) is 6.25. The van der Waals surface area contributed by atoms with Crippen LogP contribution in [0.4, 0.5) is 0 Å². The van der Waals surface area contributed by atoms with Crippen LogP contribution in [0.3, 0.4) is 0 Å². The van der Waals surface area contributed by atoms with E-state index in [4.69, 9.17) is 6.42 Å². The van der Waals surface area contributed by atoms with Gasteiger partial charge in [-0.3, -0.25) is 0 Å². The van der Waals surface area contributed by atoms with Crippen molar-refractivity contribution in [3.05, 3.63) is 35.5 Å². The molecule has 1 aromatic carbocycles. The van der Waals surface area contributed by atoms with Crippen molar-refractivity contribution in [3.8, 4) is 12.3 Å². The van der Waals surface area contributed by atoms with Gasteiger partial charge in [0.25, 0.3) is 0 Å². The number of benzene rings is 1. The Bertz CT molecular complexity index is 459. The number of hydrogen-bond acceptors (Lipinski definition) is 0. The summed E-state index contributed by atoms with van der Waals surface area (Å²) in [6.45, 7) is 2.07. The van der Waals surface area contributed by atoms with Gasteiger partial charge in [-0.05, 0) is 18.6 Å². The van der Waals surface area contributed by atoms with Crippen molar-refractivity contribution >= 4 is 10.9 Å². The molecular weight excluding hydrogens is 158 g/mol. The molecule has 0 atom stereocenters. The molecule has 0 aliphatic carbocycles. The fourth-order valence-corrected chi connectivity index (χ4v) is 1.79. The van der Waals surface area contributed by atoms with Gasteiger partial charge in [0.1, 0.15) is 0 Å². The van der Waals surface area contributed by atoms with Crippen LogP contribution in [0.25, 0.3) is 10.9 Å². The Labute approximate surface area is 78.0 Å². The second-order valence-corrected chi connectivity index (χ2v) is 3.19. The highest BCUT2D eigenvalue weighted by Gasteiger charge is 2.07. The monoisotopic (exact) mass is 169 g/mol. The molecule has 1 heteroatoms. The molecule has 0 saturated carbocycles. The zero-order chi connectivity index (χ0) is 9.42. The SMILES string of the molecule is C#Cc1c(C)c2ccccc2n1C. The Morgan fingerprint density at radius 2 is 2.00 bits per heavy atom. The maximum Gasteiger partial charge on any atom is 0.0955 e. The Hall–Kier alpha value is -1.68. The molecule has 0 amide bonds. The van der Waals surface area contributed by atoms with Gasteiger partial charge in [-0.25, -0.2) is 0 Å². The van der Waals surface area contributed by atoms with Crippen molar-refractivity contribution in [2.24, 2.45) is 7.05 Å². The van der Waals surface area contributed by atoms with Crippen molar-refractivity contribution in [3.63, 3.8) is 0 Å². The summed E-state index contributed by atoms with van der Waals surface area (Å²) in [5.74, 6) is 2.72. The van der Waals surface area contributed by atoms with Gasteiger partial charge in [-0.15, -0.1) is 6.42 Å². The topological polar surface area (TPSA) is 4.93 Å². The first-order valence-corrected chi connectivity index (χ1v) is 4.26. The van der Waals surface area contributed by atoms with E-state index >= 15 is 0 Å². The fourth-order valence-electron chi connectivity index (χ4n) is 1.79. The van der Waals surface area contributed by atoms with Gasteiger partial charge in [0.2, 0.25) is 0 Å². The van der Waals surface area contributed by atoms with Gasteiger partial charge in [0.15, 0.2) is 0 Å². The number of rotatable bonds is 0. The zero-order valence-corrected chi connectivity index (χ0v) is 7.83. The lowest BCUT2D eigenvalue weighted by Gasteiger charge is -1.96. The molecule has 0 fully saturated rings. The Morgan fingerprint density at radius 3 is 2.62 bits per heavy atom. The normalized spacial score (nSPS) is 10.2. The number of para-hydroxylation sites is 1. The van der Waals surface area contributed by atoms with Gasteiger partial charge < -0.3 is 4.57 Å². The minimum Gasteiger partial charge on any atom is -0.337 e.